The molecule has 2 nitrogen and oxygen atoms in total. The van der Waals surface area contributed by atoms with Gasteiger partial charge in [0.2, 0.25) is 0 Å². The smallest absolute Gasteiger partial charge is 0.160 e. The number of carbonyl (C=O) groups is 1. The lowest BCUT2D eigenvalue weighted by molar-refractivity contribution is -0.113. The van der Waals surface area contributed by atoms with Crippen molar-refractivity contribution in [2.75, 3.05) is 0 Å². The lowest BCUT2D eigenvalue weighted by Gasteiger charge is -2.02. The van der Waals surface area contributed by atoms with Crippen molar-refractivity contribution in [2.45, 2.75) is 34.1 Å². The van der Waals surface area contributed by atoms with Crippen LogP contribution >= 0.6 is 0 Å². The summed E-state index contributed by atoms with van der Waals surface area (Å²) >= 11 is 0. The summed E-state index contributed by atoms with van der Waals surface area (Å²) in [6, 6.07) is 0. The zero-order chi connectivity index (χ0) is 10.4. The molecular formula is C11H17NO. The molecule has 13 heavy (non-hydrogen) atoms. The fourth-order valence-electron chi connectivity index (χ4n) is 0.944. The van der Waals surface area contributed by atoms with Crippen molar-refractivity contribution in [3.63, 3.8) is 0 Å². The van der Waals surface area contributed by atoms with Gasteiger partial charge in [0.15, 0.2) is 5.78 Å². The Labute approximate surface area is 79.9 Å². The van der Waals surface area contributed by atoms with Crippen LogP contribution in [0.15, 0.2) is 23.3 Å². The van der Waals surface area contributed by atoms with Crippen LogP contribution in [0.3, 0.4) is 0 Å². The zero-order valence-electron chi connectivity index (χ0n) is 8.77. The number of nitrogens with one attached hydrogen (secondary N) is 1. The molecule has 0 spiro atoms. The molecule has 0 bridgehead atoms. The summed E-state index contributed by atoms with van der Waals surface area (Å²) in [5, 5.41) is 7.42. The van der Waals surface area contributed by atoms with Crippen LogP contribution in [0.25, 0.3) is 0 Å². The summed E-state index contributed by atoms with van der Waals surface area (Å²) in [6.45, 7) is 7.04. The Morgan fingerprint density at radius 2 is 1.85 bits per heavy atom. The summed E-state index contributed by atoms with van der Waals surface area (Å²) in [7, 11) is 0. The Morgan fingerprint density at radius 1 is 1.31 bits per heavy atom. The van der Waals surface area contributed by atoms with Gasteiger partial charge in [-0.2, -0.15) is 0 Å². The minimum atomic E-state index is 0.0220. The highest BCUT2D eigenvalue weighted by molar-refractivity contribution is 6.07. The van der Waals surface area contributed by atoms with Gasteiger partial charge >= 0.3 is 0 Å². The normalized spacial score (nSPS) is 12.9. The Kier molecular flexibility index (Phi) is 4.97. The Hall–Kier alpha value is -1.18. The average molecular weight is 179 g/mol. The molecule has 0 aliphatic heterocycles. The van der Waals surface area contributed by atoms with Gasteiger partial charge in [-0.05, 0) is 32.8 Å². The Morgan fingerprint density at radius 3 is 2.15 bits per heavy atom. The van der Waals surface area contributed by atoms with Crippen LogP contribution in [0.2, 0.25) is 0 Å². The Bertz CT molecular complexity index is 272. The highest BCUT2D eigenvalue weighted by Gasteiger charge is 2.05. The number of allylic oxidation sites excluding steroid dienone is 4. The molecule has 0 aromatic rings. The molecule has 2 heteroatoms. The van der Waals surface area contributed by atoms with Crippen LogP contribution in [-0.2, 0) is 4.79 Å². The molecule has 0 aromatic carbocycles. The fourth-order valence-corrected chi connectivity index (χ4v) is 0.944. The van der Waals surface area contributed by atoms with Gasteiger partial charge in [0.25, 0.3) is 0 Å². The molecule has 1 N–H and O–H groups in total. The zero-order valence-corrected chi connectivity index (χ0v) is 8.77. The predicted octanol–water partition coefficient (Wildman–Crippen LogP) is 2.90. The first-order valence-electron chi connectivity index (χ1n) is 4.44. The minimum absolute atomic E-state index is 0.0220. The standard InChI is InChI=1S/C11H17NO/c1-5-6-7-11(10(4)13)8(2)9(3)12/h6-7,12H,5H2,1-4H3/b7-6-,11-8-,12-9?. The molecule has 0 aliphatic rings. The number of Topliss-reactive ketones (excluding diaryl/α,β-unsaturated/α-hetero) is 1. The first-order chi connectivity index (χ1) is 6.00. The van der Waals surface area contributed by atoms with Gasteiger partial charge < -0.3 is 5.41 Å². The second-order valence-corrected chi connectivity index (χ2v) is 3.03. The molecule has 72 valence electrons. The van der Waals surface area contributed by atoms with E-state index < -0.39 is 0 Å². The van der Waals surface area contributed by atoms with E-state index in [0.29, 0.717) is 11.3 Å². The van der Waals surface area contributed by atoms with Crippen molar-refractivity contribution in [3.8, 4) is 0 Å². The molecule has 0 rings (SSSR count). The maximum Gasteiger partial charge on any atom is 0.160 e. The van der Waals surface area contributed by atoms with Crippen molar-refractivity contribution < 1.29 is 4.79 Å². The van der Waals surface area contributed by atoms with Crippen LogP contribution in [0, 0.1) is 5.41 Å². The van der Waals surface area contributed by atoms with Gasteiger partial charge in [-0.25, -0.2) is 0 Å². The average Bonchev–Trinajstić information content (AvgIpc) is 2.04. The first-order valence-corrected chi connectivity index (χ1v) is 4.44. The third-order valence-corrected chi connectivity index (χ3v) is 1.87. The molecular weight excluding hydrogens is 162 g/mol. The van der Waals surface area contributed by atoms with E-state index >= 15 is 0 Å². The topological polar surface area (TPSA) is 40.9 Å². The number of hydrogen-bond donors (Lipinski definition) is 1. The van der Waals surface area contributed by atoms with E-state index in [1.807, 2.05) is 13.0 Å². The second-order valence-electron chi connectivity index (χ2n) is 3.03. The summed E-state index contributed by atoms with van der Waals surface area (Å²) in [5.41, 5.74) is 1.86. The van der Waals surface area contributed by atoms with Crippen LogP contribution < -0.4 is 0 Å². The van der Waals surface area contributed by atoms with Crippen molar-refractivity contribution in [3.05, 3.63) is 23.3 Å². The SMILES string of the molecule is CC/C=C\C(C(C)=O)=C(/C)C(C)=N. The lowest BCUT2D eigenvalue weighted by atomic mass is 10.0. The van der Waals surface area contributed by atoms with Crippen LogP contribution in [-0.4, -0.2) is 11.5 Å². The van der Waals surface area contributed by atoms with Gasteiger partial charge in [-0.1, -0.05) is 19.1 Å². The van der Waals surface area contributed by atoms with Gasteiger partial charge in [-0.15, -0.1) is 0 Å². The number of carbonyl (C=O) groups excluding carboxylic acids is 1. The molecule has 0 amide bonds. The molecule has 0 aliphatic carbocycles. The van der Waals surface area contributed by atoms with Gasteiger partial charge in [0.1, 0.15) is 0 Å². The van der Waals surface area contributed by atoms with Gasteiger partial charge in [-0.3, -0.25) is 4.79 Å². The molecule has 0 fully saturated rings. The molecule has 0 heterocycles. The van der Waals surface area contributed by atoms with Crippen LogP contribution in [0.4, 0.5) is 0 Å². The summed E-state index contributed by atoms with van der Waals surface area (Å²) in [6.07, 6.45) is 4.64. The second kappa shape index (κ2) is 5.46. The van der Waals surface area contributed by atoms with E-state index in [1.165, 1.54) is 6.92 Å². The third kappa shape index (κ3) is 3.83. The fraction of sp³-hybridized carbons (Fsp3) is 0.455. The molecule has 0 radical (unpaired) electrons. The maximum absolute atomic E-state index is 11.2. The van der Waals surface area contributed by atoms with Crippen LogP contribution in [0.5, 0.6) is 0 Å². The highest BCUT2D eigenvalue weighted by Crippen LogP contribution is 2.09. The van der Waals surface area contributed by atoms with E-state index in [4.69, 9.17) is 5.41 Å². The maximum atomic E-state index is 11.2. The number of hydrogen-bond acceptors (Lipinski definition) is 2. The van der Waals surface area contributed by atoms with E-state index in [0.717, 1.165) is 12.0 Å². The van der Waals surface area contributed by atoms with E-state index in [1.54, 1.807) is 19.9 Å². The third-order valence-electron chi connectivity index (χ3n) is 1.87. The predicted molar refractivity (Wildman–Crippen MR) is 56.2 cm³/mol. The van der Waals surface area contributed by atoms with Crippen molar-refractivity contribution in [1.29, 1.82) is 5.41 Å². The summed E-state index contributed by atoms with van der Waals surface area (Å²) in [4.78, 5) is 11.2. The molecule has 0 unspecified atom stereocenters. The van der Waals surface area contributed by atoms with Gasteiger partial charge in [0.05, 0.1) is 0 Å². The van der Waals surface area contributed by atoms with Crippen LogP contribution in [0.1, 0.15) is 34.1 Å². The molecule has 0 atom stereocenters. The molecule has 0 aromatic heterocycles. The largest absolute Gasteiger partial charge is 0.305 e. The van der Waals surface area contributed by atoms with E-state index in [2.05, 4.69) is 0 Å². The lowest BCUT2D eigenvalue weighted by Crippen LogP contribution is -2.02. The van der Waals surface area contributed by atoms with E-state index in [9.17, 15) is 4.79 Å². The number of ketones is 1. The monoisotopic (exact) mass is 179 g/mol. The first kappa shape index (κ1) is 11.8. The Balaban J connectivity index is 5.00. The number of rotatable bonds is 4. The minimum Gasteiger partial charge on any atom is -0.305 e. The van der Waals surface area contributed by atoms with Crippen molar-refractivity contribution in [1.82, 2.24) is 0 Å². The van der Waals surface area contributed by atoms with Crippen molar-refractivity contribution in [2.24, 2.45) is 0 Å². The summed E-state index contributed by atoms with van der Waals surface area (Å²) < 4.78 is 0. The van der Waals surface area contributed by atoms with E-state index in [-0.39, 0.29) is 5.78 Å². The molecule has 0 saturated heterocycles. The van der Waals surface area contributed by atoms with Crippen molar-refractivity contribution >= 4 is 11.5 Å². The summed E-state index contributed by atoms with van der Waals surface area (Å²) in [5.74, 6) is 0.0220. The quantitative estimate of drug-likeness (QED) is 0.402. The highest BCUT2D eigenvalue weighted by atomic mass is 16.1. The molecule has 0 saturated carbocycles. The van der Waals surface area contributed by atoms with Gasteiger partial charge in [0, 0.05) is 11.3 Å².